The molecule has 2 aliphatic rings. The first-order valence-corrected chi connectivity index (χ1v) is 5.74. The maximum Gasteiger partial charge on any atom is 0.328 e. The zero-order valence-corrected chi connectivity index (χ0v) is 8.99. The summed E-state index contributed by atoms with van der Waals surface area (Å²) >= 11 is 0. The van der Waals surface area contributed by atoms with Crippen LogP contribution in [-0.4, -0.2) is 29.7 Å². The van der Waals surface area contributed by atoms with Crippen LogP contribution in [0.2, 0.25) is 0 Å². The van der Waals surface area contributed by atoms with E-state index < -0.39 is 18.7 Å². The minimum absolute atomic E-state index is 0.0594. The van der Waals surface area contributed by atoms with Gasteiger partial charge in [0.25, 0.3) is 0 Å². The maximum atomic E-state index is 12.3. The highest BCUT2D eigenvalue weighted by atomic mass is 19.1. The molecule has 2 fully saturated rings. The second kappa shape index (κ2) is 4.39. The average Bonchev–Trinajstić information content (AvgIpc) is 2.99. The zero-order chi connectivity index (χ0) is 11.7. The minimum atomic E-state index is -1.38. The van der Waals surface area contributed by atoms with E-state index in [1.165, 1.54) is 0 Å². The van der Waals surface area contributed by atoms with Gasteiger partial charge in [-0.2, -0.15) is 0 Å². The van der Waals surface area contributed by atoms with Gasteiger partial charge in [0, 0.05) is 5.92 Å². The fraction of sp³-hybridized carbons (Fsp3) is 0.818. The molecular formula is C11H16FNO3. The Morgan fingerprint density at radius 1 is 1.31 bits per heavy atom. The van der Waals surface area contributed by atoms with Crippen molar-refractivity contribution < 1.29 is 19.1 Å². The first-order valence-electron chi connectivity index (χ1n) is 5.74. The number of carboxylic acid groups (broad SMARTS) is 1. The van der Waals surface area contributed by atoms with Gasteiger partial charge in [-0.3, -0.25) is 4.79 Å². The highest BCUT2D eigenvalue weighted by molar-refractivity contribution is 5.87. The van der Waals surface area contributed by atoms with Crippen molar-refractivity contribution in [2.45, 2.75) is 31.7 Å². The van der Waals surface area contributed by atoms with E-state index in [-0.39, 0.29) is 11.8 Å². The second-order valence-corrected chi connectivity index (χ2v) is 4.69. The summed E-state index contributed by atoms with van der Waals surface area (Å²) in [6.07, 6.45) is 4.40. The number of rotatable bonds is 4. The Kier molecular flexibility index (Phi) is 3.12. The molecule has 0 aromatic rings. The lowest BCUT2D eigenvalue weighted by atomic mass is 10.0. The van der Waals surface area contributed by atoms with Gasteiger partial charge in [0.15, 0.2) is 6.04 Å². The van der Waals surface area contributed by atoms with Crippen molar-refractivity contribution in [2.75, 3.05) is 6.67 Å². The van der Waals surface area contributed by atoms with Crippen molar-refractivity contribution in [3.05, 3.63) is 0 Å². The molecule has 0 saturated heterocycles. The van der Waals surface area contributed by atoms with E-state index in [4.69, 9.17) is 5.11 Å². The molecule has 3 unspecified atom stereocenters. The Bertz CT molecular complexity index is 296. The largest absolute Gasteiger partial charge is 0.480 e. The third-order valence-electron chi connectivity index (χ3n) is 3.73. The van der Waals surface area contributed by atoms with Crippen LogP contribution in [0, 0.1) is 17.8 Å². The van der Waals surface area contributed by atoms with E-state index in [0.717, 1.165) is 25.7 Å². The molecule has 0 radical (unpaired) electrons. The fourth-order valence-electron chi connectivity index (χ4n) is 2.82. The molecule has 2 aliphatic carbocycles. The summed E-state index contributed by atoms with van der Waals surface area (Å²) in [4.78, 5) is 22.3. The van der Waals surface area contributed by atoms with Crippen LogP contribution in [0.25, 0.3) is 0 Å². The van der Waals surface area contributed by atoms with E-state index in [9.17, 15) is 14.0 Å². The molecule has 4 nitrogen and oxygen atoms in total. The van der Waals surface area contributed by atoms with Gasteiger partial charge in [-0.05, 0) is 24.7 Å². The summed E-state index contributed by atoms with van der Waals surface area (Å²) in [5.41, 5.74) is 0. The van der Waals surface area contributed by atoms with Crippen LogP contribution < -0.4 is 5.32 Å². The first-order chi connectivity index (χ1) is 7.65. The molecule has 0 aromatic carbocycles. The number of fused-ring (bicyclic) bond motifs is 1. The van der Waals surface area contributed by atoms with Crippen molar-refractivity contribution in [1.29, 1.82) is 0 Å². The summed E-state index contributed by atoms with van der Waals surface area (Å²) < 4.78 is 12.3. The molecule has 90 valence electrons. The summed E-state index contributed by atoms with van der Waals surface area (Å²) in [5.74, 6) is -0.803. The number of carbonyl (C=O) groups is 2. The van der Waals surface area contributed by atoms with Crippen molar-refractivity contribution in [1.82, 2.24) is 5.32 Å². The summed E-state index contributed by atoms with van der Waals surface area (Å²) in [5, 5.41) is 10.9. The average molecular weight is 229 g/mol. The number of amides is 1. The number of hydrogen-bond acceptors (Lipinski definition) is 2. The van der Waals surface area contributed by atoms with Crippen LogP contribution in [0.3, 0.4) is 0 Å². The van der Waals surface area contributed by atoms with Gasteiger partial charge in [0.05, 0.1) is 0 Å². The lowest BCUT2D eigenvalue weighted by Gasteiger charge is -2.10. The lowest BCUT2D eigenvalue weighted by Crippen LogP contribution is -2.43. The predicted molar refractivity (Wildman–Crippen MR) is 54.5 cm³/mol. The Hall–Kier alpha value is -1.13. The van der Waals surface area contributed by atoms with E-state index in [2.05, 4.69) is 5.32 Å². The predicted octanol–water partition coefficient (Wildman–Crippen LogP) is 0.961. The van der Waals surface area contributed by atoms with Crippen LogP contribution in [0.1, 0.15) is 25.7 Å². The molecule has 0 bridgehead atoms. The highest BCUT2D eigenvalue weighted by Gasteiger charge is 2.55. The van der Waals surface area contributed by atoms with Crippen molar-refractivity contribution in [3.63, 3.8) is 0 Å². The molecular weight excluding hydrogens is 213 g/mol. The Labute approximate surface area is 93.2 Å². The smallest absolute Gasteiger partial charge is 0.328 e. The van der Waals surface area contributed by atoms with Gasteiger partial charge in [0.2, 0.25) is 5.91 Å². The van der Waals surface area contributed by atoms with E-state index in [1.54, 1.807) is 0 Å². The van der Waals surface area contributed by atoms with E-state index in [0.29, 0.717) is 11.8 Å². The number of alkyl halides is 1. The van der Waals surface area contributed by atoms with Gasteiger partial charge in [-0.1, -0.05) is 12.8 Å². The Morgan fingerprint density at radius 3 is 2.31 bits per heavy atom. The minimum Gasteiger partial charge on any atom is -0.480 e. The Balaban J connectivity index is 1.87. The topological polar surface area (TPSA) is 66.4 Å². The fourth-order valence-corrected chi connectivity index (χ4v) is 2.82. The lowest BCUT2D eigenvalue weighted by molar-refractivity contribution is -0.142. The van der Waals surface area contributed by atoms with Gasteiger partial charge in [-0.25, -0.2) is 9.18 Å². The zero-order valence-electron chi connectivity index (χ0n) is 8.99. The van der Waals surface area contributed by atoms with Crippen molar-refractivity contribution in [3.8, 4) is 0 Å². The first kappa shape index (κ1) is 11.4. The molecule has 2 N–H and O–H groups in total. The molecule has 0 spiro atoms. The maximum absolute atomic E-state index is 12.3. The van der Waals surface area contributed by atoms with Gasteiger partial charge in [0.1, 0.15) is 6.67 Å². The third kappa shape index (κ3) is 2.03. The third-order valence-corrected chi connectivity index (χ3v) is 3.73. The van der Waals surface area contributed by atoms with Gasteiger partial charge < -0.3 is 10.4 Å². The Morgan fingerprint density at radius 2 is 1.88 bits per heavy atom. The normalized spacial score (nSPS) is 33.7. The highest BCUT2D eigenvalue weighted by Crippen LogP contribution is 2.55. The summed E-state index contributed by atoms with van der Waals surface area (Å²) in [6, 6.07) is -1.38. The number of halogens is 1. The summed E-state index contributed by atoms with van der Waals surface area (Å²) in [7, 11) is 0. The molecule has 0 aliphatic heterocycles. The molecule has 1 amide bonds. The van der Waals surface area contributed by atoms with Crippen LogP contribution in [-0.2, 0) is 9.59 Å². The second-order valence-electron chi connectivity index (χ2n) is 4.69. The quantitative estimate of drug-likeness (QED) is 0.754. The molecule has 2 saturated carbocycles. The van der Waals surface area contributed by atoms with Gasteiger partial charge in [-0.15, -0.1) is 0 Å². The monoisotopic (exact) mass is 229 g/mol. The molecule has 2 rings (SSSR count). The number of carbonyl (C=O) groups excluding carboxylic acids is 1. The van der Waals surface area contributed by atoms with E-state index in [1.807, 2.05) is 0 Å². The standard InChI is InChI=1S/C11H16FNO3/c12-5-8(11(15)16)13-10(14)9-6-3-1-2-4-7(6)9/h6-9H,1-5H2,(H,13,14)(H,15,16). The molecule has 0 aromatic heterocycles. The van der Waals surface area contributed by atoms with Crippen LogP contribution in [0.5, 0.6) is 0 Å². The molecule has 0 heterocycles. The van der Waals surface area contributed by atoms with Crippen LogP contribution in [0.4, 0.5) is 4.39 Å². The number of carboxylic acids is 1. The molecule has 16 heavy (non-hydrogen) atoms. The van der Waals surface area contributed by atoms with Crippen molar-refractivity contribution >= 4 is 11.9 Å². The van der Waals surface area contributed by atoms with Crippen LogP contribution in [0.15, 0.2) is 0 Å². The van der Waals surface area contributed by atoms with Gasteiger partial charge >= 0.3 is 5.97 Å². The van der Waals surface area contributed by atoms with E-state index >= 15 is 0 Å². The van der Waals surface area contributed by atoms with Crippen molar-refractivity contribution in [2.24, 2.45) is 17.8 Å². The number of aliphatic carboxylic acids is 1. The molecule has 5 heteroatoms. The number of hydrogen-bond donors (Lipinski definition) is 2. The molecule has 3 atom stereocenters. The SMILES string of the molecule is O=C(O)C(CF)NC(=O)C1C2CCCCC21. The van der Waals surface area contributed by atoms with Crippen LogP contribution >= 0.6 is 0 Å². The number of nitrogens with one attached hydrogen (secondary N) is 1. The summed E-state index contributed by atoms with van der Waals surface area (Å²) in [6.45, 7) is -1.05.